The third-order valence-corrected chi connectivity index (χ3v) is 4.21. The van der Waals surface area contributed by atoms with Crippen molar-refractivity contribution < 1.29 is 24.2 Å². The van der Waals surface area contributed by atoms with Gasteiger partial charge in [-0.05, 0) is 49.6 Å². The van der Waals surface area contributed by atoms with E-state index >= 15 is 0 Å². The summed E-state index contributed by atoms with van der Waals surface area (Å²) in [6.07, 6.45) is 4.98. The zero-order valence-electron chi connectivity index (χ0n) is 14.4. The van der Waals surface area contributed by atoms with Gasteiger partial charge in [0, 0.05) is 30.6 Å². The van der Waals surface area contributed by atoms with Crippen LogP contribution in [-0.2, 0) is 4.79 Å². The van der Waals surface area contributed by atoms with E-state index in [1.807, 2.05) is 0 Å². The van der Waals surface area contributed by atoms with E-state index in [9.17, 15) is 9.59 Å². The van der Waals surface area contributed by atoms with E-state index in [0.717, 1.165) is 19.3 Å². The van der Waals surface area contributed by atoms with Gasteiger partial charge < -0.3 is 19.5 Å². The molecule has 0 aliphatic heterocycles. The highest BCUT2D eigenvalue weighted by Gasteiger charge is 2.21. The fourth-order valence-electron chi connectivity index (χ4n) is 2.49. The van der Waals surface area contributed by atoms with Gasteiger partial charge in [0.25, 0.3) is 5.91 Å². The minimum absolute atomic E-state index is 0.190. The Bertz CT molecular complexity index is 787. The molecule has 1 aromatic carbocycles. The molecule has 7 nitrogen and oxygen atoms in total. The Kier molecular flexibility index (Phi) is 5.36. The first-order valence-electron chi connectivity index (χ1n) is 8.38. The lowest BCUT2D eigenvalue weighted by Crippen LogP contribution is -2.27. The number of ether oxygens (including phenoxy) is 2. The molecule has 0 radical (unpaired) electrons. The van der Waals surface area contributed by atoms with Gasteiger partial charge >= 0.3 is 5.97 Å². The van der Waals surface area contributed by atoms with Crippen molar-refractivity contribution >= 4 is 17.6 Å². The Balaban J connectivity index is 1.66. The molecule has 0 saturated heterocycles. The fraction of sp³-hybridized carbons (Fsp3) is 0.316. The van der Waals surface area contributed by atoms with Crippen LogP contribution < -0.4 is 14.4 Å². The number of carboxylic acids is 1. The van der Waals surface area contributed by atoms with E-state index in [-0.39, 0.29) is 12.0 Å². The predicted molar refractivity (Wildman–Crippen MR) is 94.8 cm³/mol. The molecule has 26 heavy (non-hydrogen) atoms. The Labute approximate surface area is 151 Å². The topological polar surface area (TPSA) is 89.0 Å². The number of anilines is 1. The molecule has 1 amide bonds. The smallest absolute Gasteiger partial charge is 0.341 e. The summed E-state index contributed by atoms with van der Waals surface area (Å²) in [5.74, 6) is -0.340. The average Bonchev–Trinajstić information content (AvgIpc) is 2.62. The van der Waals surface area contributed by atoms with E-state index in [1.165, 1.54) is 4.90 Å². The molecular formula is C19H20N2O5. The molecule has 1 aliphatic carbocycles. The van der Waals surface area contributed by atoms with Gasteiger partial charge in [-0.15, -0.1) is 0 Å². The van der Waals surface area contributed by atoms with Gasteiger partial charge in [-0.25, -0.2) is 9.78 Å². The molecule has 0 atom stereocenters. The number of carboxylic acid groups (broad SMARTS) is 1. The lowest BCUT2D eigenvalue weighted by molar-refractivity contribution is -0.139. The van der Waals surface area contributed by atoms with Crippen LogP contribution in [0.15, 0.2) is 42.6 Å². The summed E-state index contributed by atoms with van der Waals surface area (Å²) in [6, 6.07) is 9.95. The Morgan fingerprint density at radius 1 is 1.23 bits per heavy atom. The van der Waals surface area contributed by atoms with Crippen LogP contribution in [-0.4, -0.2) is 41.7 Å². The number of nitrogens with zero attached hydrogens (tertiary/aromatic N) is 2. The molecule has 0 bridgehead atoms. The molecule has 1 heterocycles. The van der Waals surface area contributed by atoms with E-state index in [0.29, 0.717) is 22.9 Å². The number of carbonyl (C=O) groups excluding carboxylic acids is 1. The van der Waals surface area contributed by atoms with E-state index in [2.05, 4.69) is 4.98 Å². The van der Waals surface area contributed by atoms with Gasteiger partial charge in [-0.3, -0.25) is 4.79 Å². The molecule has 1 fully saturated rings. The second kappa shape index (κ2) is 7.86. The van der Waals surface area contributed by atoms with Crippen LogP contribution >= 0.6 is 0 Å². The van der Waals surface area contributed by atoms with Crippen molar-refractivity contribution in [2.45, 2.75) is 25.4 Å². The van der Waals surface area contributed by atoms with Crippen molar-refractivity contribution in [3.05, 3.63) is 48.2 Å². The maximum absolute atomic E-state index is 12.7. The van der Waals surface area contributed by atoms with Crippen molar-refractivity contribution in [2.75, 3.05) is 18.6 Å². The average molecular weight is 356 g/mol. The molecule has 136 valence electrons. The number of aliphatic carboxylic acids is 1. The highest BCUT2D eigenvalue weighted by molar-refractivity contribution is 6.05. The third kappa shape index (κ3) is 4.30. The Morgan fingerprint density at radius 3 is 2.58 bits per heavy atom. The molecule has 0 unspecified atom stereocenters. The zero-order chi connectivity index (χ0) is 18.5. The molecule has 1 aliphatic rings. The quantitative estimate of drug-likeness (QED) is 0.820. The minimum atomic E-state index is -1.04. The first-order chi connectivity index (χ1) is 12.5. The number of hydrogen-bond donors (Lipinski definition) is 1. The highest BCUT2D eigenvalue weighted by Crippen LogP contribution is 2.25. The number of hydrogen-bond acceptors (Lipinski definition) is 5. The van der Waals surface area contributed by atoms with Crippen LogP contribution in [0.2, 0.25) is 0 Å². The molecule has 1 N–H and O–H groups in total. The fourth-order valence-corrected chi connectivity index (χ4v) is 2.49. The number of pyridine rings is 1. The standard InChI is InChI=1S/C19H20N2O5/c1-21(14-5-7-15(8-6-14)25-12-18(22)23)19(24)13-9-10-20-17(11-13)26-16-3-2-4-16/h5-11,16H,2-4,12H2,1H3,(H,22,23). The summed E-state index contributed by atoms with van der Waals surface area (Å²) >= 11 is 0. The first-order valence-corrected chi connectivity index (χ1v) is 8.38. The van der Waals surface area contributed by atoms with Crippen molar-refractivity contribution in [1.29, 1.82) is 0 Å². The number of carbonyl (C=O) groups is 2. The van der Waals surface area contributed by atoms with Crippen molar-refractivity contribution in [1.82, 2.24) is 4.98 Å². The van der Waals surface area contributed by atoms with Crippen LogP contribution in [0.25, 0.3) is 0 Å². The molecule has 1 aromatic heterocycles. The van der Waals surface area contributed by atoms with Crippen LogP contribution in [0.5, 0.6) is 11.6 Å². The predicted octanol–water partition coefficient (Wildman–Crippen LogP) is 2.75. The van der Waals surface area contributed by atoms with Crippen LogP contribution in [0.4, 0.5) is 5.69 Å². The second-order valence-corrected chi connectivity index (χ2v) is 6.09. The maximum atomic E-state index is 12.7. The SMILES string of the molecule is CN(C(=O)c1ccnc(OC2CCC2)c1)c1ccc(OCC(=O)O)cc1. The molecular weight excluding hydrogens is 336 g/mol. The molecule has 1 saturated carbocycles. The van der Waals surface area contributed by atoms with Crippen molar-refractivity contribution in [3.8, 4) is 11.6 Å². The molecule has 2 aromatic rings. The van der Waals surface area contributed by atoms with Gasteiger partial charge in [-0.1, -0.05) is 0 Å². The first kappa shape index (κ1) is 17.7. The monoisotopic (exact) mass is 356 g/mol. The second-order valence-electron chi connectivity index (χ2n) is 6.09. The van der Waals surface area contributed by atoms with Crippen LogP contribution in [0.3, 0.4) is 0 Å². The van der Waals surface area contributed by atoms with Gasteiger partial charge in [0.2, 0.25) is 5.88 Å². The summed E-state index contributed by atoms with van der Waals surface area (Å²) in [4.78, 5) is 28.9. The van der Waals surface area contributed by atoms with Gasteiger partial charge in [0.1, 0.15) is 11.9 Å². The summed E-state index contributed by atoms with van der Waals surface area (Å²) in [5.41, 5.74) is 1.15. The summed E-state index contributed by atoms with van der Waals surface area (Å²) in [6.45, 7) is -0.408. The number of amides is 1. The molecule has 7 heteroatoms. The summed E-state index contributed by atoms with van der Waals surface area (Å²) in [5, 5.41) is 8.62. The van der Waals surface area contributed by atoms with Crippen LogP contribution in [0.1, 0.15) is 29.6 Å². The number of aromatic nitrogens is 1. The summed E-state index contributed by atoms with van der Waals surface area (Å²) < 4.78 is 10.8. The van der Waals surface area contributed by atoms with E-state index < -0.39 is 12.6 Å². The zero-order valence-corrected chi connectivity index (χ0v) is 14.4. The van der Waals surface area contributed by atoms with Gasteiger partial charge in [0.05, 0.1) is 0 Å². The lowest BCUT2D eigenvalue weighted by Gasteiger charge is -2.26. The largest absolute Gasteiger partial charge is 0.482 e. The number of rotatable bonds is 7. The summed E-state index contributed by atoms with van der Waals surface area (Å²) in [7, 11) is 1.67. The normalized spacial score (nSPS) is 13.6. The Hall–Kier alpha value is -3.09. The van der Waals surface area contributed by atoms with E-state index in [1.54, 1.807) is 49.6 Å². The van der Waals surface area contributed by atoms with Gasteiger partial charge in [-0.2, -0.15) is 0 Å². The molecule has 0 spiro atoms. The van der Waals surface area contributed by atoms with Gasteiger partial charge in [0.15, 0.2) is 6.61 Å². The molecule has 3 rings (SSSR count). The Morgan fingerprint density at radius 2 is 1.96 bits per heavy atom. The maximum Gasteiger partial charge on any atom is 0.341 e. The minimum Gasteiger partial charge on any atom is -0.482 e. The number of benzene rings is 1. The van der Waals surface area contributed by atoms with Crippen molar-refractivity contribution in [3.63, 3.8) is 0 Å². The van der Waals surface area contributed by atoms with Crippen LogP contribution in [0, 0.1) is 0 Å². The highest BCUT2D eigenvalue weighted by atomic mass is 16.5. The third-order valence-electron chi connectivity index (χ3n) is 4.21. The lowest BCUT2D eigenvalue weighted by atomic mass is 9.96. The van der Waals surface area contributed by atoms with Crippen molar-refractivity contribution in [2.24, 2.45) is 0 Å². The van der Waals surface area contributed by atoms with E-state index in [4.69, 9.17) is 14.6 Å².